The first-order chi connectivity index (χ1) is 8.20. The van der Waals surface area contributed by atoms with Gasteiger partial charge in [-0.05, 0) is 0 Å². The van der Waals surface area contributed by atoms with E-state index in [1.165, 1.54) is 6.07 Å². The number of ether oxygens (including phenoxy) is 2. The van der Waals surface area contributed by atoms with Crippen LogP contribution in [0.3, 0.4) is 0 Å². The second kappa shape index (κ2) is 5.31. The maximum Gasteiger partial charge on any atom is 0.178 e. The normalized spacial score (nSPS) is 16.9. The molecule has 1 fully saturated rings. The van der Waals surface area contributed by atoms with E-state index in [9.17, 15) is 8.78 Å². The van der Waals surface area contributed by atoms with Gasteiger partial charge in [0.1, 0.15) is 11.9 Å². The van der Waals surface area contributed by atoms with Crippen LogP contribution < -0.4 is 10.1 Å². The van der Waals surface area contributed by atoms with Crippen LogP contribution in [0, 0.1) is 11.6 Å². The van der Waals surface area contributed by atoms with Crippen LogP contribution in [0.1, 0.15) is 12.8 Å². The predicted octanol–water partition coefficient (Wildman–Crippen LogP) is 2.56. The van der Waals surface area contributed by atoms with E-state index in [4.69, 9.17) is 9.47 Å². The monoisotopic (exact) mass is 243 g/mol. The lowest BCUT2D eigenvalue weighted by molar-refractivity contribution is 0.0243. The third-order valence-electron chi connectivity index (χ3n) is 2.73. The largest absolute Gasteiger partial charge is 0.485 e. The van der Waals surface area contributed by atoms with Crippen molar-refractivity contribution in [2.45, 2.75) is 18.9 Å². The Bertz CT molecular complexity index is 392. The fourth-order valence-electron chi connectivity index (χ4n) is 1.83. The van der Waals surface area contributed by atoms with Crippen molar-refractivity contribution in [3.8, 4) is 5.75 Å². The molecule has 2 rings (SSSR count). The van der Waals surface area contributed by atoms with Gasteiger partial charge in [-0.1, -0.05) is 0 Å². The molecule has 0 aliphatic carbocycles. The molecular weight excluding hydrogens is 228 g/mol. The molecule has 0 atom stereocenters. The van der Waals surface area contributed by atoms with E-state index < -0.39 is 11.6 Å². The lowest BCUT2D eigenvalue weighted by Crippen LogP contribution is -2.26. The van der Waals surface area contributed by atoms with Crippen molar-refractivity contribution in [3.63, 3.8) is 0 Å². The summed E-state index contributed by atoms with van der Waals surface area (Å²) in [4.78, 5) is 0. The fourth-order valence-corrected chi connectivity index (χ4v) is 1.83. The smallest absolute Gasteiger partial charge is 0.178 e. The molecule has 1 N–H and O–H groups in total. The number of anilines is 1. The van der Waals surface area contributed by atoms with Crippen molar-refractivity contribution < 1.29 is 18.3 Å². The predicted molar refractivity (Wildman–Crippen MR) is 60.4 cm³/mol. The molecule has 3 nitrogen and oxygen atoms in total. The van der Waals surface area contributed by atoms with Gasteiger partial charge in [-0.15, -0.1) is 0 Å². The van der Waals surface area contributed by atoms with Crippen molar-refractivity contribution in [3.05, 3.63) is 23.8 Å². The van der Waals surface area contributed by atoms with Gasteiger partial charge in [-0.3, -0.25) is 0 Å². The van der Waals surface area contributed by atoms with Crippen LogP contribution in [0.25, 0.3) is 0 Å². The lowest BCUT2D eigenvalue weighted by Gasteiger charge is -2.24. The van der Waals surface area contributed by atoms with E-state index in [0.29, 0.717) is 18.9 Å². The fraction of sp³-hybridized carbons (Fsp3) is 0.500. The zero-order valence-corrected chi connectivity index (χ0v) is 9.63. The van der Waals surface area contributed by atoms with Gasteiger partial charge >= 0.3 is 0 Å². The minimum atomic E-state index is -0.680. The molecule has 1 aliphatic heterocycles. The molecule has 1 heterocycles. The highest BCUT2D eigenvalue weighted by Crippen LogP contribution is 2.31. The summed E-state index contributed by atoms with van der Waals surface area (Å²) in [6.45, 7) is 1.23. The SMILES string of the molecule is CNc1cc(F)cc(F)c1OC1CCOCC1. The molecule has 1 saturated heterocycles. The third-order valence-corrected chi connectivity index (χ3v) is 2.73. The third kappa shape index (κ3) is 2.85. The molecule has 0 amide bonds. The molecule has 0 saturated carbocycles. The Balaban J connectivity index is 2.18. The average Bonchev–Trinajstić information content (AvgIpc) is 2.33. The van der Waals surface area contributed by atoms with Crippen LogP contribution >= 0.6 is 0 Å². The first-order valence-electron chi connectivity index (χ1n) is 5.62. The highest BCUT2D eigenvalue weighted by atomic mass is 19.1. The maximum atomic E-state index is 13.6. The molecule has 94 valence electrons. The first-order valence-corrected chi connectivity index (χ1v) is 5.62. The van der Waals surface area contributed by atoms with Crippen molar-refractivity contribution in [2.75, 3.05) is 25.6 Å². The van der Waals surface area contributed by atoms with Crippen LogP contribution in [0.2, 0.25) is 0 Å². The summed E-state index contributed by atoms with van der Waals surface area (Å²) < 4.78 is 37.4. The van der Waals surface area contributed by atoms with Crippen LogP contribution in [0.4, 0.5) is 14.5 Å². The Kier molecular flexibility index (Phi) is 3.78. The maximum absolute atomic E-state index is 13.6. The van der Waals surface area contributed by atoms with Crippen LogP contribution in [0.5, 0.6) is 5.75 Å². The van der Waals surface area contributed by atoms with Gasteiger partial charge in [0.15, 0.2) is 11.6 Å². The van der Waals surface area contributed by atoms with Crippen molar-refractivity contribution in [2.24, 2.45) is 0 Å². The van der Waals surface area contributed by atoms with Gasteiger partial charge in [0, 0.05) is 32.0 Å². The van der Waals surface area contributed by atoms with Crippen LogP contribution in [-0.2, 0) is 4.74 Å². The highest BCUT2D eigenvalue weighted by Gasteiger charge is 2.20. The molecule has 0 spiro atoms. The van der Waals surface area contributed by atoms with Gasteiger partial charge in [0.05, 0.1) is 18.9 Å². The van der Waals surface area contributed by atoms with E-state index in [-0.39, 0.29) is 11.9 Å². The minimum absolute atomic E-state index is 0.0733. The summed E-state index contributed by atoms with van der Waals surface area (Å²) in [6, 6.07) is 2.05. The molecule has 0 aromatic heterocycles. The van der Waals surface area contributed by atoms with Crippen LogP contribution in [0.15, 0.2) is 12.1 Å². The van der Waals surface area contributed by atoms with Gasteiger partial charge in [0.2, 0.25) is 0 Å². The molecule has 1 aromatic rings. The molecule has 0 bridgehead atoms. The first kappa shape index (κ1) is 12.1. The van der Waals surface area contributed by atoms with E-state index in [2.05, 4.69) is 5.32 Å². The summed E-state index contributed by atoms with van der Waals surface area (Å²) in [5.41, 5.74) is 0.328. The standard InChI is InChI=1S/C12H15F2NO2/c1-15-11-7-8(13)6-10(14)12(11)17-9-2-4-16-5-3-9/h6-7,9,15H,2-5H2,1H3. The molecule has 17 heavy (non-hydrogen) atoms. The van der Waals surface area contributed by atoms with Crippen molar-refractivity contribution in [1.82, 2.24) is 0 Å². The number of halogens is 2. The van der Waals surface area contributed by atoms with Gasteiger partial charge in [0.25, 0.3) is 0 Å². The number of nitrogens with one attached hydrogen (secondary N) is 1. The Morgan fingerprint density at radius 3 is 2.65 bits per heavy atom. The lowest BCUT2D eigenvalue weighted by atomic mass is 10.1. The quantitative estimate of drug-likeness (QED) is 0.885. The van der Waals surface area contributed by atoms with Crippen LogP contribution in [-0.4, -0.2) is 26.4 Å². The Morgan fingerprint density at radius 1 is 1.29 bits per heavy atom. The second-order valence-corrected chi connectivity index (χ2v) is 3.94. The zero-order chi connectivity index (χ0) is 12.3. The van der Waals surface area contributed by atoms with E-state index >= 15 is 0 Å². The molecule has 1 aromatic carbocycles. The summed E-state index contributed by atoms with van der Waals surface area (Å²) in [7, 11) is 1.60. The highest BCUT2D eigenvalue weighted by molar-refractivity contribution is 5.56. The van der Waals surface area contributed by atoms with Gasteiger partial charge in [-0.2, -0.15) is 0 Å². The van der Waals surface area contributed by atoms with Crippen molar-refractivity contribution >= 4 is 5.69 Å². The summed E-state index contributed by atoms with van der Waals surface area (Å²) >= 11 is 0. The average molecular weight is 243 g/mol. The molecule has 5 heteroatoms. The van der Waals surface area contributed by atoms with E-state index in [0.717, 1.165) is 18.9 Å². The van der Waals surface area contributed by atoms with Gasteiger partial charge in [-0.25, -0.2) is 8.78 Å². The zero-order valence-electron chi connectivity index (χ0n) is 9.63. The summed E-state index contributed by atoms with van der Waals surface area (Å²) in [6.07, 6.45) is 1.37. The molecule has 1 aliphatic rings. The molecule has 0 radical (unpaired) electrons. The van der Waals surface area contributed by atoms with Crippen molar-refractivity contribution in [1.29, 1.82) is 0 Å². The number of hydrogen-bond donors (Lipinski definition) is 1. The topological polar surface area (TPSA) is 30.5 Å². The Morgan fingerprint density at radius 2 is 2.00 bits per heavy atom. The number of rotatable bonds is 3. The Labute approximate surface area is 98.7 Å². The second-order valence-electron chi connectivity index (χ2n) is 3.94. The van der Waals surface area contributed by atoms with Gasteiger partial charge < -0.3 is 14.8 Å². The molecular formula is C12H15F2NO2. The summed E-state index contributed by atoms with van der Waals surface area (Å²) in [5, 5.41) is 2.73. The van der Waals surface area contributed by atoms with E-state index in [1.807, 2.05) is 0 Å². The molecule has 0 unspecified atom stereocenters. The number of benzene rings is 1. The summed E-state index contributed by atoms with van der Waals surface area (Å²) in [5.74, 6) is -1.21. The Hall–Kier alpha value is -1.36. The number of hydrogen-bond acceptors (Lipinski definition) is 3. The van der Waals surface area contributed by atoms with E-state index in [1.54, 1.807) is 7.05 Å². The minimum Gasteiger partial charge on any atom is -0.485 e.